The van der Waals surface area contributed by atoms with E-state index in [1.54, 1.807) is 9.80 Å². The van der Waals surface area contributed by atoms with E-state index >= 15 is 0 Å². The minimum atomic E-state index is -0.596. The maximum atomic E-state index is 13.1. The number of nitrogens with one attached hydrogen (secondary N) is 1. The van der Waals surface area contributed by atoms with Crippen molar-refractivity contribution in [3.63, 3.8) is 0 Å². The third-order valence-corrected chi connectivity index (χ3v) is 9.11. The van der Waals surface area contributed by atoms with Crippen molar-refractivity contribution in [3.05, 3.63) is 89.0 Å². The van der Waals surface area contributed by atoms with E-state index in [0.717, 1.165) is 60.7 Å². The molecule has 3 aromatic rings. The zero-order valence-electron chi connectivity index (χ0n) is 24.0. The summed E-state index contributed by atoms with van der Waals surface area (Å²) in [6.45, 7) is 3.44. The van der Waals surface area contributed by atoms with Crippen molar-refractivity contribution in [2.45, 2.75) is 57.2 Å². The van der Waals surface area contributed by atoms with Gasteiger partial charge in [0.15, 0.2) is 0 Å². The number of para-hydroxylation sites is 1. The number of imide groups is 1. The average Bonchev–Trinajstić information content (AvgIpc) is 3.24. The standard InChI is InChI=1S/C34H34N4O5/c39-31-11-9-28(33(41)35-31)37-21-25-19-24(7-8-27(25)34(37)42)23-12-15-36(16-13-23)20-22-6-10-30-29(18-22)38(32(40)14-17-43-30)26-4-2-1-3-5-26/h1-8,10,18-19,23,28H,9,11-17,20-21H2,(H,35,39,41). The first-order valence-corrected chi connectivity index (χ1v) is 15.1. The van der Waals surface area contributed by atoms with Gasteiger partial charge >= 0.3 is 0 Å². The maximum Gasteiger partial charge on any atom is 0.255 e. The van der Waals surface area contributed by atoms with Crippen LogP contribution >= 0.6 is 0 Å². The lowest BCUT2D eigenvalue weighted by Gasteiger charge is -2.32. The second-order valence-electron chi connectivity index (χ2n) is 11.8. The van der Waals surface area contributed by atoms with E-state index in [1.165, 1.54) is 5.56 Å². The summed E-state index contributed by atoms with van der Waals surface area (Å²) in [5.74, 6) is 0.353. The number of benzene rings is 3. The second-order valence-corrected chi connectivity index (χ2v) is 11.8. The van der Waals surface area contributed by atoms with Gasteiger partial charge in [0.25, 0.3) is 5.91 Å². The average molecular weight is 579 g/mol. The Labute approximate surface area is 250 Å². The first-order chi connectivity index (χ1) is 20.9. The lowest BCUT2D eigenvalue weighted by atomic mass is 9.87. The van der Waals surface area contributed by atoms with Crippen LogP contribution in [0.1, 0.15) is 65.1 Å². The fourth-order valence-corrected chi connectivity index (χ4v) is 6.84. The first kappa shape index (κ1) is 27.3. The lowest BCUT2D eigenvalue weighted by Crippen LogP contribution is -2.52. The molecule has 4 heterocycles. The predicted octanol–water partition coefficient (Wildman–Crippen LogP) is 4.27. The van der Waals surface area contributed by atoms with Crippen LogP contribution in [0.3, 0.4) is 0 Å². The fraction of sp³-hybridized carbons (Fsp3) is 0.353. The van der Waals surface area contributed by atoms with Crippen LogP contribution in [0.15, 0.2) is 66.7 Å². The molecule has 7 rings (SSSR count). The molecule has 9 nitrogen and oxygen atoms in total. The van der Waals surface area contributed by atoms with E-state index in [-0.39, 0.29) is 30.0 Å². The topological polar surface area (TPSA) is 99.3 Å². The molecule has 0 aromatic heterocycles. The van der Waals surface area contributed by atoms with Crippen LogP contribution in [-0.2, 0) is 27.5 Å². The number of anilines is 2. The van der Waals surface area contributed by atoms with E-state index in [4.69, 9.17) is 4.74 Å². The van der Waals surface area contributed by atoms with Crippen LogP contribution in [0, 0.1) is 0 Å². The van der Waals surface area contributed by atoms with E-state index in [1.807, 2.05) is 42.5 Å². The number of hydrogen-bond donors (Lipinski definition) is 1. The minimum absolute atomic E-state index is 0.0270. The Morgan fingerprint density at radius 1 is 0.860 bits per heavy atom. The van der Waals surface area contributed by atoms with Crippen molar-refractivity contribution in [2.75, 3.05) is 24.6 Å². The molecule has 9 heteroatoms. The maximum absolute atomic E-state index is 13.1. The van der Waals surface area contributed by atoms with E-state index in [0.29, 0.717) is 37.5 Å². The molecular weight excluding hydrogens is 544 g/mol. The number of fused-ring (bicyclic) bond motifs is 2. The Kier molecular flexibility index (Phi) is 7.18. The highest BCUT2D eigenvalue weighted by Gasteiger charge is 2.39. The first-order valence-electron chi connectivity index (χ1n) is 15.1. The molecule has 0 bridgehead atoms. The molecule has 220 valence electrons. The number of rotatable bonds is 5. The molecule has 1 N–H and O–H groups in total. The van der Waals surface area contributed by atoms with Gasteiger partial charge < -0.3 is 9.64 Å². The second kappa shape index (κ2) is 11.3. The van der Waals surface area contributed by atoms with E-state index in [2.05, 4.69) is 34.5 Å². The molecule has 4 amide bonds. The van der Waals surface area contributed by atoms with Crippen LogP contribution in [0.25, 0.3) is 0 Å². The van der Waals surface area contributed by atoms with E-state index < -0.39 is 6.04 Å². The van der Waals surface area contributed by atoms with Gasteiger partial charge in [-0.3, -0.25) is 34.3 Å². The Hall–Kier alpha value is -4.50. The molecule has 0 aliphatic carbocycles. The van der Waals surface area contributed by atoms with Gasteiger partial charge in [0.05, 0.1) is 18.7 Å². The number of nitrogens with zero attached hydrogens (tertiary/aromatic N) is 3. The molecular formula is C34H34N4O5. The van der Waals surface area contributed by atoms with Gasteiger partial charge in [0.2, 0.25) is 17.7 Å². The Balaban J connectivity index is 1.01. The molecule has 1 unspecified atom stereocenters. The van der Waals surface area contributed by atoms with Gasteiger partial charge in [-0.15, -0.1) is 0 Å². The summed E-state index contributed by atoms with van der Waals surface area (Å²) in [4.78, 5) is 55.9. The minimum Gasteiger partial charge on any atom is -0.491 e. The summed E-state index contributed by atoms with van der Waals surface area (Å²) in [6, 6.07) is 21.4. The number of carbonyl (C=O) groups is 4. The largest absolute Gasteiger partial charge is 0.491 e. The van der Waals surface area contributed by atoms with Crippen LogP contribution in [0.5, 0.6) is 5.75 Å². The van der Waals surface area contributed by atoms with Crippen LogP contribution < -0.4 is 15.0 Å². The summed E-state index contributed by atoms with van der Waals surface area (Å²) >= 11 is 0. The van der Waals surface area contributed by atoms with E-state index in [9.17, 15) is 19.2 Å². The highest BCUT2D eigenvalue weighted by molar-refractivity contribution is 6.05. The van der Waals surface area contributed by atoms with Gasteiger partial charge in [0.1, 0.15) is 11.8 Å². The van der Waals surface area contributed by atoms with Crippen molar-refractivity contribution in [2.24, 2.45) is 0 Å². The van der Waals surface area contributed by atoms with Crippen molar-refractivity contribution < 1.29 is 23.9 Å². The Morgan fingerprint density at radius 2 is 1.67 bits per heavy atom. The molecule has 43 heavy (non-hydrogen) atoms. The quantitative estimate of drug-likeness (QED) is 0.454. The van der Waals surface area contributed by atoms with Crippen molar-refractivity contribution in [1.82, 2.24) is 15.1 Å². The van der Waals surface area contributed by atoms with Crippen molar-refractivity contribution >= 4 is 35.0 Å². The highest BCUT2D eigenvalue weighted by atomic mass is 16.5. The fourth-order valence-electron chi connectivity index (χ4n) is 6.84. The monoisotopic (exact) mass is 578 g/mol. The summed E-state index contributed by atoms with van der Waals surface area (Å²) in [5.41, 5.74) is 5.62. The molecule has 4 aliphatic heterocycles. The third kappa shape index (κ3) is 5.29. The van der Waals surface area contributed by atoms with Gasteiger partial charge in [-0.2, -0.15) is 0 Å². The lowest BCUT2D eigenvalue weighted by molar-refractivity contribution is -0.137. The number of ether oxygens (including phenoxy) is 1. The number of hydrogen-bond acceptors (Lipinski definition) is 6. The van der Waals surface area contributed by atoms with Crippen LogP contribution in [0.2, 0.25) is 0 Å². The normalized spacial score (nSPS) is 21.3. The molecule has 0 radical (unpaired) electrons. The molecule has 0 saturated carbocycles. The third-order valence-electron chi connectivity index (χ3n) is 9.11. The molecule has 1 atom stereocenters. The molecule has 2 saturated heterocycles. The van der Waals surface area contributed by atoms with Crippen LogP contribution in [-0.4, -0.2) is 59.2 Å². The van der Waals surface area contributed by atoms with Gasteiger partial charge in [-0.1, -0.05) is 36.4 Å². The van der Waals surface area contributed by atoms with Crippen molar-refractivity contribution in [1.29, 1.82) is 0 Å². The summed E-state index contributed by atoms with van der Waals surface area (Å²) in [5, 5.41) is 2.37. The molecule has 3 aromatic carbocycles. The Morgan fingerprint density at radius 3 is 2.47 bits per heavy atom. The molecule has 4 aliphatic rings. The summed E-state index contributed by atoms with van der Waals surface area (Å²) in [7, 11) is 0. The van der Waals surface area contributed by atoms with Gasteiger partial charge in [-0.05, 0) is 85.3 Å². The van der Waals surface area contributed by atoms with Gasteiger partial charge in [-0.25, -0.2) is 0 Å². The smallest absolute Gasteiger partial charge is 0.255 e. The predicted molar refractivity (Wildman–Crippen MR) is 160 cm³/mol. The summed E-state index contributed by atoms with van der Waals surface area (Å²) < 4.78 is 5.93. The van der Waals surface area contributed by atoms with Crippen LogP contribution in [0.4, 0.5) is 11.4 Å². The number of amides is 4. The zero-order chi connectivity index (χ0) is 29.5. The number of likely N-dealkylation sites (tertiary alicyclic amines) is 1. The van der Waals surface area contributed by atoms with Gasteiger partial charge in [0, 0.05) is 30.8 Å². The number of piperidine rings is 2. The molecule has 2 fully saturated rings. The van der Waals surface area contributed by atoms with Crippen molar-refractivity contribution in [3.8, 4) is 5.75 Å². The Bertz CT molecular complexity index is 1600. The number of carbonyl (C=O) groups excluding carboxylic acids is 4. The zero-order valence-corrected chi connectivity index (χ0v) is 24.0. The highest BCUT2D eigenvalue weighted by Crippen LogP contribution is 2.38. The summed E-state index contributed by atoms with van der Waals surface area (Å²) in [6.07, 6.45) is 2.97. The molecule has 0 spiro atoms. The SMILES string of the molecule is O=C1CCC(N2Cc3cc(C4CCN(Cc5ccc6c(c5)N(c5ccccc5)C(=O)CCO6)CC4)ccc3C2=O)C(=O)N1.